The van der Waals surface area contributed by atoms with Gasteiger partial charge in [-0.2, -0.15) is 0 Å². The summed E-state index contributed by atoms with van der Waals surface area (Å²) in [5, 5.41) is 7.36. The third-order valence-electron chi connectivity index (χ3n) is 2.84. The zero-order valence-corrected chi connectivity index (χ0v) is 12.3. The molecule has 4 heteroatoms. The van der Waals surface area contributed by atoms with Crippen LogP contribution in [-0.4, -0.2) is 11.7 Å². The summed E-state index contributed by atoms with van der Waals surface area (Å²) in [6.45, 7) is 8.50. The molecule has 2 rings (SSSR count). The molecule has 0 aliphatic carbocycles. The van der Waals surface area contributed by atoms with Gasteiger partial charge in [-0.05, 0) is 37.1 Å². The van der Waals surface area contributed by atoms with E-state index in [-0.39, 0.29) is 0 Å². The highest BCUT2D eigenvalue weighted by Gasteiger charge is 2.05. The van der Waals surface area contributed by atoms with Crippen molar-refractivity contribution in [2.24, 2.45) is 5.92 Å². The Hall–Kier alpha value is -1.81. The van der Waals surface area contributed by atoms with Crippen molar-refractivity contribution in [3.63, 3.8) is 0 Å². The van der Waals surface area contributed by atoms with E-state index in [1.54, 1.807) is 0 Å². The first-order valence-corrected chi connectivity index (χ1v) is 6.98. The second kappa shape index (κ2) is 7.10. The fraction of sp³-hybridized carbons (Fsp3) is 0.438. The standard InChI is InChI=1S/C16H22N2O2/c1-12(2)9-17-10-14-8-16(20-18-14)11-19-15-6-4-5-13(3)7-15/h4-8,12,17H,9-11H2,1-3H3. The van der Waals surface area contributed by atoms with Gasteiger partial charge in [0.05, 0.1) is 5.69 Å². The molecule has 4 nitrogen and oxygen atoms in total. The monoisotopic (exact) mass is 274 g/mol. The topological polar surface area (TPSA) is 47.3 Å². The average Bonchev–Trinajstić information content (AvgIpc) is 2.84. The second-order valence-corrected chi connectivity index (χ2v) is 5.41. The zero-order valence-electron chi connectivity index (χ0n) is 12.3. The fourth-order valence-electron chi connectivity index (χ4n) is 1.86. The SMILES string of the molecule is Cc1cccc(OCc2cc(CNCC(C)C)no2)c1. The van der Waals surface area contributed by atoms with E-state index in [2.05, 4.69) is 24.3 Å². The van der Waals surface area contributed by atoms with Gasteiger partial charge >= 0.3 is 0 Å². The van der Waals surface area contributed by atoms with Gasteiger partial charge in [0.15, 0.2) is 5.76 Å². The van der Waals surface area contributed by atoms with E-state index < -0.39 is 0 Å². The van der Waals surface area contributed by atoms with Crippen molar-refractivity contribution in [2.75, 3.05) is 6.54 Å². The number of ether oxygens (including phenoxy) is 1. The maximum atomic E-state index is 5.67. The largest absolute Gasteiger partial charge is 0.486 e. The van der Waals surface area contributed by atoms with Gasteiger partial charge < -0.3 is 14.6 Å². The second-order valence-electron chi connectivity index (χ2n) is 5.41. The number of hydrogen-bond acceptors (Lipinski definition) is 4. The number of rotatable bonds is 7. The molecule has 2 aromatic rings. The highest BCUT2D eigenvalue weighted by Crippen LogP contribution is 2.14. The molecule has 0 bridgehead atoms. The summed E-state index contributed by atoms with van der Waals surface area (Å²) in [5.74, 6) is 2.22. The van der Waals surface area contributed by atoms with Crippen LogP contribution in [0, 0.1) is 12.8 Å². The molecule has 0 aliphatic rings. The third kappa shape index (κ3) is 4.70. The fourth-order valence-corrected chi connectivity index (χ4v) is 1.86. The summed E-state index contributed by atoms with van der Waals surface area (Å²) in [6.07, 6.45) is 0. The summed E-state index contributed by atoms with van der Waals surface area (Å²) in [5.41, 5.74) is 2.09. The van der Waals surface area contributed by atoms with Gasteiger partial charge in [-0.25, -0.2) is 0 Å². The van der Waals surface area contributed by atoms with E-state index in [0.717, 1.165) is 30.3 Å². The summed E-state index contributed by atoms with van der Waals surface area (Å²) in [4.78, 5) is 0. The van der Waals surface area contributed by atoms with Crippen LogP contribution in [0.3, 0.4) is 0 Å². The van der Waals surface area contributed by atoms with Crippen molar-refractivity contribution in [1.82, 2.24) is 10.5 Å². The summed E-state index contributed by atoms with van der Waals surface area (Å²) in [7, 11) is 0. The maximum absolute atomic E-state index is 5.67. The highest BCUT2D eigenvalue weighted by atomic mass is 16.5. The van der Waals surface area contributed by atoms with Crippen LogP contribution < -0.4 is 10.1 Å². The molecule has 1 aromatic heterocycles. The van der Waals surface area contributed by atoms with Crippen molar-refractivity contribution in [3.8, 4) is 5.75 Å². The van der Waals surface area contributed by atoms with Crippen molar-refractivity contribution >= 4 is 0 Å². The minimum absolute atomic E-state index is 0.403. The molecule has 1 N–H and O–H groups in total. The Bertz CT molecular complexity index is 535. The Morgan fingerprint density at radius 3 is 2.90 bits per heavy atom. The van der Waals surface area contributed by atoms with Gasteiger partial charge in [0.25, 0.3) is 0 Å². The highest BCUT2D eigenvalue weighted by molar-refractivity contribution is 5.27. The number of nitrogens with one attached hydrogen (secondary N) is 1. The van der Waals surface area contributed by atoms with Gasteiger partial charge in [0.2, 0.25) is 0 Å². The molecule has 0 spiro atoms. The molecule has 108 valence electrons. The van der Waals surface area contributed by atoms with Gasteiger partial charge in [-0.1, -0.05) is 31.1 Å². The first kappa shape index (κ1) is 14.6. The van der Waals surface area contributed by atoms with Crippen molar-refractivity contribution in [2.45, 2.75) is 33.9 Å². The van der Waals surface area contributed by atoms with Gasteiger partial charge in [0.1, 0.15) is 12.4 Å². The smallest absolute Gasteiger partial charge is 0.174 e. The lowest BCUT2D eigenvalue weighted by atomic mass is 10.2. The molecular formula is C16H22N2O2. The van der Waals surface area contributed by atoms with Crippen LogP contribution in [0.1, 0.15) is 30.9 Å². The Labute approximate surface area is 120 Å². The summed E-state index contributed by atoms with van der Waals surface area (Å²) in [6, 6.07) is 9.89. The van der Waals surface area contributed by atoms with Crippen LogP contribution >= 0.6 is 0 Å². The van der Waals surface area contributed by atoms with Crippen molar-refractivity contribution in [1.29, 1.82) is 0 Å². The summed E-state index contributed by atoms with van der Waals surface area (Å²) < 4.78 is 10.9. The van der Waals surface area contributed by atoms with Crippen molar-refractivity contribution in [3.05, 3.63) is 47.3 Å². The van der Waals surface area contributed by atoms with Crippen LogP contribution in [0.4, 0.5) is 0 Å². The van der Waals surface area contributed by atoms with Gasteiger partial charge in [0, 0.05) is 12.6 Å². The third-order valence-corrected chi connectivity index (χ3v) is 2.84. The van der Waals surface area contributed by atoms with Crippen LogP contribution in [0.15, 0.2) is 34.9 Å². The zero-order chi connectivity index (χ0) is 14.4. The quantitative estimate of drug-likeness (QED) is 0.841. The van der Waals surface area contributed by atoms with Crippen LogP contribution in [-0.2, 0) is 13.2 Å². The predicted molar refractivity (Wildman–Crippen MR) is 78.6 cm³/mol. The van der Waals surface area contributed by atoms with Crippen LogP contribution in [0.2, 0.25) is 0 Å². The predicted octanol–water partition coefficient (Wildman–Crippen LogP) is 3.31. The molecule has 0 amide bonds. The van der Waals surface area contributed by atoms with Gasteiger partial charge in [-0.15, -0.1) is 0 Å². The van der Waals surface area contributed by atoms with E-state index in [9.17, 15) is 0 Å². The molecule has 0 aliphatic heterocycles. The molecule has 20 heavy (non-hydrogen) atoms. The summed E-state index contributed by atoms with van der Waals surface area (Å²) >= 11 is 0. The van der Waals surface area contributed by atoms with Gasteiger partial charge in [-0.3, -0.25) is 0 Å². The van der Waals surface area contributed by atoms with Crippen LogP contribution in [0.25, 0.3) is 0 Å². The number of hydrogen-bond donors (Lipinski definition) is 1. The molecule has 0 saturated carbocycles. The Morgan fingerprint density at radius 1 is 1.30 bits per heavy atom. The van der Waals surface area contributed by atoms with Crippen molar-refractivity contribution < 1.29 is 9.26 Å². The van der Waals surface area contributed by atoms with E-state index in [0.29, 0.717) is 12.5 Å². The molecule has 0 unspecified atom stereocenters. The maximum Gasteiger partial charge on any atom is 0.174 e. The van der Waals surface area contributed by atoms with E-state index >= 15 is 0 Å². The molecular weight excluding hydrogens is 252 g/mol. The Morgan fingerprint density at radius 2 is 2.15 bits per heavy atom. The molecule has 1 heterocycles. The lowest BCUT2D eigenvalue weighted by molar-refractivity contribution is 0.248. The Balaban J connectivity index is 1.80. The van der Waals surface area contributed by atoms with E-state index in [4.69, 9.17) is 9.26 Å². The molecule has 1 aromatic carbocycles. The lowest BCUT2D eigenvalue weighted by Crippen LogP contribution is -2.19. The number of nitrogens with zero attached hydrogens (tertiary/aromatic N) is 1. The molecule has 0 fully saturated rings. The normalized spacial score (nSPS) is 11.0. The minimum Gasteiger partial charge on any atom is -0.486 e. The number of benzene rings is 1. The number of aromatic nitrogens is 1. The first-order valence-electron chi connectivity index (χ1n) is 6.98. The lowest BCUT2D eigenvalue weighted by Gasteiger charge is -2.04. The minimum atomic E-state index is 0.403. The van der Waals surface area contributed by atoms with Crippen LogP contribution in [0.5, 0.6) is 5.75 Å². The molecule has 0 atom stereocenters. The molecule has 0 radical (unpaired) electrons. The number of aryl methyl sites for hydroxylation is 1. The average molecular weight is 274 g/mol. The van der Waals surface area contributed by atoms with E-state index in [1.807, 2.05) is 37.3 Å². The van der Waals surface area contributed by atoms with E-state index in [1.165, 1.54) is 5.56 Å². The Kier molecular flexibility index (Phi) is 5.18. The molecule has 0 saturated heterocycles. The first-order chi connectivity index (χ1) is 9.63.